The first-order valence-electron chi connectivity index (χ1n) is 16.4. The Morgan fingerprint density at radius 2 is 1.83 bits per heavy atom. The predicted molar refractivity (Wildman–Crippen MR) is 180 cm³/mol. The number of fused-ring (bicyclic) bond motifs is 5. The number of methoxy groups -OCH3 is 1. The monoisotopic (exact) mass is 611 g/mol. The maximum absolute atomic E-state index is 13.8. The van der Waals surface area contributed by atoms with Crippen LogP contribution in [0.5, 0.6) is 5.75 Å². The standard InChI is InChI=1S/C38H37N5O3/c1-41-36-30(15-28(18-34(36)46-2)38(45)43-20-26-10-12-31(43)35(26)39)40-37(41)33-17-25-8-7-24(16-32(25)42(33)19-21-3-4-21)23-6-5-22-9-11-29(44)14-27(22)13-23/h5-9,11,13,15-18,21,26,31,35H,3-4,10,12,14,19-20,39H2,1-2H3/t26?,31?,35-/m1/s1. The van der Waals surface area contributed by atoms with Crippen LogP contribution in [0, 0.1) is 11.8 Å². The number of aromatic nitrogens is 3. The fourth-order valence-electron chi connectivity index (χ4n) is 8.17. The van der Waals surface area contributed by atoms with Gasteiger partial charge in [-0.05, 0) is 90.1 Å². The third kappa shape index (κ3) is 4.26. The number of aryl methyl sites for hydroxylation is 1. The van der Waals surface area contributed by atoms with Crippen LogP contribution >= 0.6 is 0 Å². The van der Waals surface area contributed by atoms with Gasteiger partial charge in [-0.15, -0.1) is 0 Å². The second kappa shape index (κ2) is 10.2. The number of allylic oxidation sites excluding steroid dienone is 1. The Kier molecular flexibility index (Phi) is 6.10. The summed E-state index contributed by atoms with van der Waals surface area (Å²) in [6.45, 7) is 1.65. The second-order valence-electron chi connectivity index (χ2n) is 13.7. The maximum atomic E-state index is 13.8. The molecule has 1 amide bonds. The molecule has 2 bridgehead atoms. The number of ketones is 1. The normalized spacial score (nSPS) is 21.9. The van der Waals surface area contributed by atoms with Crippen LogP contribution < -0.4 is 10.5 Å². The lowest BCUT2D eigenvalue weighted by atomic mass is 9.92. The first-order valence-corrected chi connectivity index (χ1v) is 16.4. The number of nitrogens with zero attached hydrogens (tertiary/aromatic N) is 4. The number of amides is 1. The topological polar surface area (TPSA) is 95.4 Å². The van der Waals surface area contributed by atoms with Crippen molar-refractivity contribution in [3.8, 4) is 28.4 Å². The number of carbonyl (C=O) groups is 2. The van der Waals surface area contributed by atoms with Crippen LogP contribution in [0.4, 0.5) is 0 Å². The van der Waals surface area contributed by atoms with Crippen LogP contribution in [-0.2, 0) is 24.8 Å². The molecule has 3 aromatic carbocycles. The van der Waals surface area contributed by atoms with Crippen LogP contribution in [0.1, 0.15) is 47.2 Å². The number of carbonyl (C=O) groups excluding carboxylic acids is 2. The Balaban J connectivity index is 1.14. The van der Waals surface area contributed by atoms with Crippen molar-refractivity contribution in [3.05, 3.63) is 77.4 Å². The van der Waals surface area contributed by atoms with Gasteiger partial charge in [0.1, 0.15) is 11.3 Å². The molecule has 3 heterocycles. The van der Waals surface area contributed by atoms with Crippen molar-refractivity contribution < 1.29 is 14.3 Å². The van der Waals surface area contributed by atoms with Crippen molar-refractivity contribution >= 4 is 39.7 Å². The van der Waals surface area contributed by atoms with Crippen molar-refractivity contribution in [2.75, 3.05) is 13.7 Å². The van der Waals surface area contributed by atoms with Gasteiger partial charge in [-0.3, -0.25) is 9.59 Å². The molecule has 2 saturated carbocycles. The summed E-state index contributed by atoms with van der Waals surface area (Å²) in [6.07, 6.45) is 8.56. The predicted octanol–water partition coefficient (Wildman–Crippen LogP) is 5.98. The minimum Gasteiger partial charge on any atom is -0.494 e. The summed E-state index contributed by atoms with van der Waals surface area (Å²) in [7, 11) is 3.68. The van der Waals surface area contributed by atoms with E-state index in [4.69, 9.17) is 15.5 Å². The molecule has 46 heavy (non-hydrogen) atoms. The summed E-state index contributed by atoms with van der Waals surface area (Å²) >= 11 is 0. The Hall–Kier alpha value is -4.69. The van der Waals surface area contributed by atoms with E-state index < -0.39 is 0 Å². The van der Waals surface area contributed by atoms with Crippen LogP contribution in [0.2, 0.25) is 0 Å². The van der Waals surface area contributed by atoms with Gasteiger partial charge in [0.15, 0.2) is 11.6 Å². The van der Waals surface area contributed by atoms with E-state index in [-0.39, 0.29) is 23.8 Å². The number of hydrogen-bond donors (Lipinski definition) is 1. The van der Waals surface area contributed by atoms with E-state index in [0.717, 1.165) is 76.1 Å². The van der Waals surface area contributed by atoms with Gasteiger partial charge in [-0.1, -0.05) is 36.4 Å². The highest BCUT2D eigenvalue weighted by molar-refractivity contribution is 6.01. The van der Waals surface area contributed by atoms with Crippen LogP contribution in [0.15, 0.2) is 60.7 Å². The largest absolute Gasteiger partial charge is 0.494 e. The first-order chi connectivity index (χ1) is 22.4. The number of ether oxygens (including phenoxy) is 1. The third-order valence-electron chi connectivity index (χ3n) is 10.9. The molecule has 2 unspecified atom stereocenters. The lowest BCUT2D eigenvalue weighted by molar-refractivity contribution is -0.114. The highest BCUT2D eigenvalue weighted by Gasteiger charge is 2.47. The molecule has 8 heteroatoms. The van der Waals surface area contributed by atoms with Gasteiger partial charge in [0, 0.05) is 55.1 Å². The molecule has 0 radical (unpaired) electrons. The molecule has 3 atom stereocenters. The first kappa shape index (κ1) is 27.6. The molecule has 3 fully saturated rings. The number of nitrogens with two attached hydrogens (primary N) is 1. The molecule has 3 aliphatic carbocycles. The number of likely N-dealkylation sites (tertiary alicyclic amines) is 1. The number of benzene rings is 3. The van der Waals surface area contributed by atoms with Crippen molar-refractivity contribution in [2.45, 2.75) is 50.7 Å². The van der Waals surface area contributed by atoms with Crippen LogP contribution in [-0.4, -0.2) is 56.4 Å². The molecule has 2 N–H and O–H groups in total. The lowest BCUT2D eigenvalue weighted by Gasteiger charge is -2.27. The fraction of sp³-hybridized carbons (Fsp3) is 0.342. The smallest absolute Gasteiger partial charge is 0.254 e. The Morgan fingerprint density at radius 3 is 2.59 bits per heavy atom. The zero-order valence-corrected chi connectivity index (χ0v) is 26.2. The van der Waals surface area contributed by atoms with Crippen molar-refractivity contribution in [1.82, 2.24) is 19.0 Å². The molecule has 8 nitrogen and oxygen atoms in total. The molecule has 4 aliphatic rings. The third-order valence-corrected chi connectivity index (χ3v) is 10.9. The van der Waals surface area contributed by atoms with Gasteiger partial charge in [-0.25, -0.2) is 4.98 Å². The quantitative estimate of drug-likeness (QED) is 0.255. The van der Waals surface area contributed by atoms with Gasteiger partial charge in [0.25, 0.3) is 5.91 Å². The van der Waals surface area contributed by atoms with E-state index in [1.54, 1.807) is 13.2 Å². The molecule has 2 aromatic heterocycles. The Bertz CT molecular complexity index is 2130. The summed E-state index contributed by atoms with van der Waals surface area (Å²) < 4.78 is 10.4. The molecular weight excluding hydrogens is 574 g/mol. The summed E-state index contributed by atoms with van der Waals surface area (Å²) in [4.78, 5) is 33.0. The Labute approximate surface area is 267 Å². The minimum absolute atomic E-state index is 0.00740. The average molecular weight is 612 g/mol. The van der Waals surface area contributed by atoms with E-state index in [9.17, 15) is 9.59 Å². The summed E-state index contributed by atoms with van der Waals surface area (Å²) in [6, 6.07) is 19.3. The fourth-order valence-corrected chi connectivity index (χ4v) is 8.17. The van der Waals surface area contributed by atoms with E-state index in [0.29, 0.717) is 29.6 Å². The number of rotatable bonds is 6. The minimum atomic E-state index is 0.00740. The van der Waals surface area contributed by atoms with Crippen molar-refractivity contribution in [2.24, 2.45) is 24.6 Å². The van der Waals surface area contributed by atoms with E-state index in [1.807, 2.05) is 30.2 Å². The molecule has 1 aliphatic heterocycles. The van der Waals surface area contributed by atoms with E-state index >= 15 is 0 Å². The maximum Gasteiger partial charge on any atom is 0.254 e. The number of imidazole rings is 1. The molecule has 0 spiro atoms. The molecule has 232 valence electrons. The van der Waals surface area contributed by atoms with Crippen molar-refractivity contribution in [1.29, 1.82) is 0 Å². The zero-order chi connectivity index (χ0) is 31.3. The second-order valence-corrected chi connectivity index (χ2v) is 13.7. The summed E-state index contributed by atoms with van der Waals surface area (Å²) in [5, 5.41) is 1.16. The molecule has 1 saturated heterocycles. The summed E-state index contributed by atoms with van der Waals surface area (Å²) in [5.74, 6) is 2.68. The summed E-state index contributed by atoms with van der Waals surface area (Å²) in [5.41, 5.74) is 15.3. The van der Waals surface area contributed by atoms with Crippen LogP contribution in [0.3, 0.4) is 0 Å². The van der Waals surface area contributed by atoms with Crippen molar-refractivity contribution in [3.63, 3.8) is 0 Å². The highest BCUT2D eigenvalue weighted by atomic mass is 16.5. The van der Waals surface area contributed by atoms with E-state index in [2.05, 4.69) is 51.6 Å². The lowest BCUT2D eigenvalue weighted by Crippen LogP contribution is -2.41. The van der Waals surface area contributed by atoms with Gasteiger partial charge in [0.2, 0.25) is 0 Å². The molecule has 5 aromatic rings. The van der Waals surface area contributed by atoms with Gasteiger partial charge >= 0.3 is 0 Å². The molecular formula is C38H37N5O3. The van der Waals surface area contributed by atoms with Gasteiger partial charge in [-0.2, -0.15) is 0 Å². The highest BCUT2D eigenvalue weighted by Crippen LogP contribution is 2.41. The van der Waals surface area contributed by atoms with E-state index in [1.165, 1.54) is 18.4 Å². The Morgan fingerprint density at radius 1 is 1.00 bits per heavy atom. The SMILES string of the molecule is COc1cc(C(=O)N2CC3CCC2[C@@H]3N)cc2nc(-c3cc4ccc(-c5ccc6c(c5)CC(=O)C=C6)cc4n3CC3CC3)n(C)c12. The van der Waals surface area contributed by atoms with Gasteiger partial charge < -0.3 is 24.5 Å². The number of piperidine rings is 1. The number of hydrogen-bond acceptors (Lipinski definition) is 5. The van der Waals surface area contributed by atoms with Crippen LogP contribution in [0.25, 0.3) is 50.7 Å². The average Bonchev–Trinajstić information content (AvgIpc) is 3.47. The zero-order valence-electron chi connectivity index (χ0n) is 26.2. The van der Waals surface area contributed by atoms with Gasteiger partial charge in [0.05, 0.1) is 18.3 Å². The molecule has 9 rings (SSSR count).